The van der Waals surface area contributed by atoms with Crippen molar-refractivity contribution < 1.29 is 27.8 Å². The van der Waals surface area contributed by atoms with Crippen molar-refractivity contribution in [2.75, 3.05) is 13.1 Å². The molecule has 42 heavy (non-hydrogen) atoms. The first-order valence-corrected chi connectivity index (χ1v) is 15.6. The molecule has 1 aliphatic carbocycles. The second kappa shape index (κ2) is 11.4. The standard InChI is InChI=1S/C32H37F2N3O4S/c1-21(2)25-13-11-22(3)18-31(25,39-20-23-9-5-4-6-10-23)28-19-37(30(42-28)35-29(38)36-15-7-8-16-36)24-12-14-26-27(17-24)41-32(33,34)40-26/h4-6,9-10,12,14,17,19,21-22,25H,7-8,11,13,15-16,18,20H2,1-3H3. The van der Waals surface area contributed by atoms with Gasteiger partial charge in [0.1, 0.15) is 5.60 Å². The van der Waals surface area contributed by atoms with E-state index < -0.39 is 11.9 Å². The second-order valence-corrected chi connectivity index (χ2v) is 13.0. The third-order valence-corrected chi connectivity index (χ3v) is 9.81. The summed E-state index contributed by atoms with van der Waals surface area (Å²) in [5.41, 5.74) is 1.03. The number of ether oxygens (including phenoxy) is 3. The van der Waals surface area contributed by atoms with E-state index in [0.717, 1.165) is 42.5 Å². The molecule has 6 rings (SSSR count). The Labute approximate surface area is 248 Å². The number of benzene rings is 2. The lowest BCUT2D eigenvalue weighted by molar-refractivity contribution is -0.286. The Bertz CT molecular complexity index is 1500. The number of carbonyl (C=O) groups is 1. The molecule has 0 radical (unpaired) electrons. The van der Waals surface area contributed by atoms with Crippen LogP contribution in [0.5, 0.6) is 11.5 Å². The highest BCUT2D eigenvalue weighted by atomic mass is 32.1. The summed E-state index contributed by atoms with van der Waals surface area (Å²) in [6.45, 7) is 8.55. The van der Waals surface area contributed by atoms with Gasteiger partial charge in [-0.1, -0.05) is 68.9 Å². The van der Waals surface area contributed by atoms with Gasteiger partial charge in [-0.05, 0) is 61.1 Å². The van der Waals surface area contributed by atoms with Crippen molar-refractivity contribution in [2.45, 2.75) is 71.4 Å². The summed E-state index contributed by atoms with van der Waals surface area (Å²) >= 11 is 1.44. The van der Waals surface area contributed by atoms with Crippen LogP contribution in [0.3, 0.4) is 0 Å². The first kappa shape index (κ1) is 28.9. The third kappa shape index (κ3) is 5.71. The smallest absolute Gasteiger partial charge is 0.395 e. The fourth-order valence-electron chi connectivity index (χ4n) is 6.60. The molecule has 7 nitrogen and oxygen atoms in total. The molecule has 224 valence electrons. The van der Waals surface area contributed by atoms with E-state index in [1.54, 1.807) is 15.5 Å². The number of thiazole rings is 1. The minimum Gasteiger partial charge on any atom is -0.395 e. The van der Waals surface area contributed by atoms with Gasteiger partial charge in [-0.25, -0.2) is 4.79 Å². The number of hydrogen-bond acceptors (Lipinski definition) is 5. The van der Waals surface area contributed by atoms with Crippen LogP contribution in [0, 0.1) is 17.8 Å². The molecule has 2 aliphatic heterocycles. The number of carbonyl (C=O) groups excluding carboxylic acids is 1. The van der Waals surface area contributed by atoms with Gasteiger partial charge in [0.05, 0.1) is 17.2 Å². The van der Waals surface area contributed by atoms with E-state index in [4.69, 9.17) is 9.47 Å². The van der Waals surface area contributed by atoms with Gasteiger partial charge in [-0.15, -0.1) is 8.78 Å². The number of rotatable bonds is 6. The molecule has 0 bridgehead atoms. The minimum absolute atomic E-state index is 0.0323. The Kier molecular flexibility index (Phi) is 7.87. The molecule has 2 fully saturated rings. The van der Waals surface area contributed by atoms with Crippen LogP contribution in [-0.2, 0) is 16.9 Å². The molecule has 1 aromatic heterocycles. The van der Waals surface area contributed by atoms with Crippen LogP contribution >= 0.6 is 11.3 Å². The van der Waals surface area contributed by atoms with Crippen molar-refractivity contribution in [2.24, 2.45) is 22.7 Å². The maximum Gasteiger partial charge on any atom is 0.586 e. The van der Waals surface area contributed by atoms with Crippen molar-refractivity contribution in [3.8, 4) is 17.2 Å². The van der Waals surface area contributed by atoms with Gasteiger partial charge < -0.3 is 19.1 Å². The normalized spacial score (nSPS) is 25.4. The van der Waals surface area contributed by atoms with Crippen LogP contribution in [0.15, 0.2) is 59.7 Å². The topological polar surface area (TPSA) is 65.3 Å². The number of nitrogens with zero attached hydrogens (tertiary/aromatic N) is 3. The number of alkyl halides is 2. The molecule has 2 aromatic carbocycles. The lowest BCUT2D eigenvalue weighted by atomic mass is 9.66. The number of fused-ring (bicyclic) bond motifs is 1. The Morgan fingerprint density at radius 3 is 2.57 bits per heavy atom. The van der Waals surface area contributed by atoms with Crippen molar-refractivity contribution in [3.05, 3.63) is 70.0 Å². The zero-order valence-electron chi connectivity index (χ0n) is 24.2. The van der Waals surface area contributed by atoms with Crippen LogP contribution in [0.1, 0.15) is 63.3 Å². The molecule has 10 heteroatoms. The van der Waals surface area contributed by atoms with Crippen LogP contribution in [0.4, 0.5) is 13.6 Å². The molecule has 3 aromatic rings. The lowest BCUT2D eigenvalue weighted by Crippen LogP contribution is -2.44. The van der Waals surface area contributed by atoms with E-state index in [1.165, 1.54) is 23.5 Å². The largest absolute Gasteiger partial charge is 0.586 e. The van der Waals surface area contributed by atoms with Crippen LogP contribution in [0.2, 0.25) is 0 Å². The molecule has 1 saturated carbocycles. The van der Waals surface area contributed by atoms with Gasteiger partial charge in [0.15, 0.2) is 16.3 Å². The Morgan fingerprint density at radius 1 is 1.10 bits per heavy atom. The number of amides is 2. The quantitative estimate of drug-likeness (QED) is 0.296. The van der Waals surface area contributed by atoms with Gasteiger partial charge in [0.2, 0.25) is 0 Å². The molecule has 2 amide bonds. The second-order valence-electron chi connectivity index (χ2n) is 12.0. The van der Waals surface area contributed by atoms with E-state index >= 15 is 0 Å². The summed E-state index contributed by atoms with van der Waals surface area (Å²) in [5, 5.41) is 0. The van der Waals surface area contributed by atoms with Crippen LogP contribution < -0.4 is 14.3 Å². The van der Waals surface area contributed by atoms with E-state index in [0.29, 0.717) is 42.0 Å². The first-order chi connectivity index (χ1) is 20.1. The van der Waals surface area contributed by atoms with Gasteiger partial charge in [-0.3, -0.25) is 4.57 Å². The molecule has 1 saturated heterocycles. The van der Waals surface area contributed by atoms with E-state index in [1.807, 2.05) is 24.4 Å². The number of urea groups is 1. The molecule has 3 unspecified atom stereocenters. The zero-order valence-corrected chi connectivity index (χ0v) is 25.0. The van der Waals surface area contributed by atoms with Crippen molar-refractivity contribution in [1.82, 2.24) is 9.47 Å². The summed E-state index contributed by atoms with van der Waals surface area (Å²) in [5.74, 6) is 0.932. The Hall–Kier alpha value is -3.24. The highest BCUT2D eigenvalue weighted by Crippen LogP contribution is 2.51. The summed E-state index contributed by atoms with van der Waals surface area (Å²) in [4.78, 5) is 21.0. The van der Waals surface area contributed by atoms with Crippen LogP contribution in [-0.4, -0.2) is 34.9 Å². The molecular weight excluding hydrogens is 560 g/mol. The highest BCUT2D eigenvalue weighted by Gasteiger charge is 2.48. The maximum absolute atomic E-state index is 13.8. The fourth-order valence-corrected chi connectivity index (χ4v) is 7.80. The average Bonchev–Trinajstić information content (AvgIpc) is 3.70. The summed E-state index contributed by atoms with van der Waals surface area (Å²) < 4.78 is 45.9. The number of hydrogen-bond donors (Lipinski definition) is 0. The van der Waals surface area contributed by atoms with Crippen molar-refractivity contribution in [1.29, 1.82) is 0 Å². The predicted molar refractivity (Wildman–Crippen MR) is 156 cm³/mol. The van der Waals surface area contributed by atoms with Gasteiger partial charge in [0, 0.05) is 25.4 Å². The minimum atomic E-state index is -3.72. The van der Waals surface area contributed by atoms with Gasteiger partial charge in [-0.2, -0.15) is 4.99 Å². The SMILES string of the molecule is CC1CCC(C(C)C)C(OCc2ccccc2)(c2cn(-c3ccc4c(c3)OC(F)(F)O4)c(=NC(=O)N3CCCC3)s2)C1. The number of likely N-dealkylation sites (tertiary alicyclic amines) is 1. The summed E-state index contributed by atoms with van der Waals surface area (Å²) in [6.07, 6.45) is 3.14. The fraction of sp³-hybridized carbons (Fsp3) is 0.500. The molecule has 3 heterocycles. The van der Waals surface area contributed by atoms with E-state index in [2.05, 4.69) is 42.6 Å². The number of halogens is 2. The average molecular weight is 598 g/mol. The lowest BCUT2D eigenvalue weighted by Gasteiger charge is -2.47. The monoisotopic (exact) mass is 597 g/mol. The Morgan fingerprint density at radius 2 is 1.83 bits per heavy atom. The Balaban J connectivity index is 1.48. The molecule has 3 atom stereocenters. The van der Waals surface area contributed by atoms with Crippen molar-refractivity contribution in [3.63, 3.8) is 0 Å². The first-order valence-electron chi connectivity index (χ1n) is 14.8. The molecule has 3 aliphatic rings. The highest BCUT2D eigenvalue weighted by molar-refractivity contribution is 7.09. The van der Waals surface area contributed by atoms with E-state index in [9.17, 15) is 13.6 Å². The number of aromatic nitrogens is 1. The zero-order chi connectivity index (χ0) is 29.5. The molecule has 0 N–H and O–H groups in total. The van der Waals surface area contributed by atoms with Gasteiger partial charge >= 0.3 is 12.3 Å². The van der Waals surface area contributed by atoms with E-state index in [-0.39, 0.29) is 23.4 Å². The van der Waals surface area contributed by atoms with Crippen molar-refractivity contribution >= 4 is 17.4 Å². The molecular formula is C32H37F2N3O4S. The third-order valence-electron chi connectivity index (χ3n) is 8.67. The predicted octanol–water partition coefficient (Wildman–Crippen LogP) is 7.48. The molecule has 0 spiro atoms. The maximum atomic E-state index is 13.8. The summed E-state index contributed by atoms with van der Waals surface area (Å²) in [6, 6.07) is 14.5. The van der Waals surface area contributed by atoms with Crippen LogP contribution in [0.25, 0.3) is 5.69 Å². The van der Waals surface area contributed by atoms with Gasteiger partial charge in [0.25, 0.3) is 0 Å². The summed E-state index contributed by atoms with van der Waals surface area (Å²) in [7, 11) is 0.